The fourth-order valence-corrected chi connectivity index (χ4v) is 4.94. The number of carbonyl (C=O) groups excluding carboxylic acids is 1. The number of rotatable bonds is 18. The second-order valence-electron chi connectivity index (χ2n) is 9.67. The first-order valence-electron chi connectivity index (χ1n) is 13.5. The lowest BCUT2D eigenvalue weighted by atomic mass is 9.83. The minimum Gasteiger partial charge on any atom is -0.393 e. The van der Waals surface area contributed by atoms with Crippen LogP contribution in [-0.4, -0.2) is 46.6 Å². The van der Waals surface area contributed by atoms with Gasteiger partial charge in [0.1, 0.15) is 0 Å². The summed E-state index contributed by atoms with van der Waals surface area (Å²) < 4.78 is 0. The summed E-state index contributed by atoms with van der Waals surface area (Å²) in [5.74, 6) is 0.283. The summed E-state index contributed by atoms with van der Waals surface area (Å²) in [7, 11) is 0. The molecule has 1 saturated carbocycles. The van der Waals surface area contributed by atoms with E-state index >= 15 is 0 Å². The number of amides is 1. The van der Waals surface area contributed by atoms with E-state index in [1.54, 1.807) is 0 Å². The Morgan fingerprint density at radius 2 is 2.03 bits per heavy atom. The summed E-state index contributed by atoms with van der Waals surface area (Å²) in [4.78, 5) is 26.3. The minimum atomic E-state index is -0.777. The van der Waals surface area contributed by atoms with Crippen molar-refractivity contribution < 1.29 is 24.9 Å². The molecule has 1 amide bonds. The van der Waals surface area contributed by atoms with Crippen LogP contribution < -0.4 is 5.32 Å². The van der Waals surface area contributed by atoms with Gasteiger partial charge >= 0.3 is 0 Å². The largest absolute Gasteiger partial charge is 0.393 e. The average Bonchev–Trinajstić information content (AvgIpc) is 3.17. The van der Waals surface area contributed by atoms with E-state index in [-0.39, 0.29) is 30.3 Å². The standard InChI is InChI=1S/C29H43N2O6/c1-2-30-29(34)16-9-4-3-8-15-27-26(20-19-25(32)18-17-23-12-6-5-7-13-23)24(22-28(27)33)14-10-11-21-37-31(35)36/h3,5-8,12-14,19-20,24-28,32-33H,2,4,9-11,15-18,21-22H2,1H3,(H,30,34)/b8-3-,20-19+/t24-,25+,26+,27-,28+/m1/s1. The zero-order valence-corrected chi connectivity index (χ0v) is 21.9. The van der Waals surface area contributed by atoms with Gasteiger partial charge in [0.2, 0.25) is 5.91 Å². The molecule has 8 heteroatoms. The monoisotopic (exact) mass is 515 g/mol. The van der Waals surface area contributed by atoms with Crippen LogP contribution in [0.4, 0.5) is 0 Å². The summed E-state index contributed by atoms with van der Waals surface area (Å²) >= 11 is 0. The zero-order valence-electron chi connectivity index (χ0n) is 21.9. The highest BCUT2D eigenvalue weighted by molar-refractivity contribution is 5.75. The van der Waals surface area contributed by atoms with Crippen LogP contribution in [0.25, 0.3) is 0 Å². The van der Waals surface area contributed by atoms with Crippen molar-refractivity contribution in [2.45, 2.75) is 76.9 Å². The van der Waals surface area contributed by atoms with Gasteiger partial charge in [-0.05, 0) is 88.0 Å². The highest BCUT2D eigenvalue weighted by Gasteiger charge is 2.39. The predicted molar refractivity (Wildman–Crippen MR) is 144 cm³/mol. The Morgan fingerprint density at radius 3 is 2.76 bits per heavy atom. The van der Waals surface area contributed by atoms with Gasteiger partial charge in [0.25, 0.3) is 5.09 Å². The van der Waals surface area contributed by atoms with Crippen molar-refractivity contribution in [2.24, 2.45) is 17.8 Å². The topological polar surface area (TPSA) is 122 Å². The molecule has 1 fully saturated rings. The highest BCUT2D eigenvalue weighted by Crippen LogP contribution is 2.42. The van der Waals surface area contributed by atoms with Crippen LogP contribution in [-0.2, 0) is 16.1 Å². The number of benzene rings is 1. The fraction of sp³-hybridized carbons (Fsp3) is 0.586. The molecule has 0 spiro atoms. The first-order chi connectivity index (χ1) is 17.9. The van der Waals surface area contributed by atoms with E-state index in [1.807, 2.05) is 37.3 Å². The van der Waals surface area contributed by atoms with Crippen LogP contribution in [0, 0.1) is 34.3 Å². The maximum absolute atomic E-state index is 11.6. The van der Waals surface area contributed by atoms with E-state index < -0.39 is 17.3 Å². The summed E-state index contributed by atoms with van der Waals surface area (Å²) in [6.45, 7) is 2.61. The molecule has 37 heavy (non-hydrogen) atoms. The van der Waals surface area contributed by atoms with Crippen molar-refractivity contribution in [3.05, 3.63) is 76.7 Å². The number of hydrogen-bond acceptors (Lipinski definition) is 6. The number of aliphatic hydroxyl groups excluding tert-OH is 2. The second kappa shape index (κ2) is 17.7. The molecule has 1 aromatic rings. The highest BCUT2D eigenvalue weighted by atomic mass is 16.9. The third-order valence-corrected chi connectivity index (χ3v) is 6.86. The van der Waals surface area contributed by atoms with E-state index in [1.165, 1.54) is 5.56 Å². The molecule has 1 aromatic carbocycles. The molecule has 0 unspecified atom stereocenters. The fourth-order valence-electron chi connectivity index (χ4n) is 4.94. The number of carbonyl (C=O) groups is 1. The Morgan fingerprint density at radius 1 is 1.24 bits per heavy atom. The first kappa shape index (κ1) is 30.5. The van der Waals surface area contributed by atoms with E-state index in [0.29, 0.717) is 45.1 Å². The third kappa shape index (κ3) is 12.4. The Labute approximate surface area is 220 Å². The van der Waals surface area contributed by atoms with Crippen LogP contribution in [0.1, 0.15) is 63.9 Å². The number of nitrogens with zero attached hydrogens (tertiary/aromatic N) is 1. The maximum atomic E-state index is 11.6. The summed E-state index contributed by atoms with van der Waals surface area (Å²) in [5, 5.41) is 33.8. The predicted octanol–water partition coefficient (Wildman–Crippen LogP) is 4.59. The minimum absolute atomic E-state index is 0.0217. The molecular formula is C29H43N2O6. The molecule has 1 radical (unpaired) electrons. The number of allylic oxidation sites excluding steroid dienone is 3. The van der Waals surface area contributed by atoms with Crippen LogP contribution >= 0.6 is 0 Å². The van der Waals surface area contributed by atoms with Crippen molar-refractivity contribution in [2.75, 3.05) is 13.2 Å². The van der Waals surface area contributed by atoms with E-state index in [2.05, 4.69) is 40.9 Å². The molecule has 1 aliphatic carbocycles. The Balaban J connectivity index is 1.92. The Bertz CT molecular complexity index is 844. The van der Waals surface area contributed by atoms with Gasteiger partial charge in [-0.3, -0.25) is 4.79 Å². The zero-order chi connectivity index (χ0) is 26.9. The van der Waals surface area contributed by atoms with Gasteiger partial charge in [-0.25, -0.2) is 0 Å². The number of hydrogen-bond donors (Lipinski definition) is 3. The molecule has 3 N–H and O–H groups in total. The Kier molecular flexibility index (Phi) is 14.6. The molecule has 1 aliphatic rings. The van der Waals surface area contributed by atoms with Gasteiger partial charge in [0.05, 0.1) is 18.8 Å². The van der Waals surface area contributed by atoms with Crippen molar-refractivity contribution in [3.63, 3.8) is 0 Å². The molecule has 0 heterocycles. The number of aryl methyl sites for hydroxylation is 1. The average molecular weight is 516 g/mol. The number of nitrogens with one attached hydrogen (secondary N) is 1. The lowest BCUT2D eigenvalue weighted by Gasteiger charge is -2.22. The molecule has 2 rings (SSSR count). The summed E-state index contributed by atoms with van der Waals surface area (Å²) in [6, 6.07) is 10.1. The molecule has 0 aromatic heterocycles. The lowest BCUT2D eigenvalue weighted by Crippen LogP contribution is -2.21. The number of unbranched alkanes of at least 4 members (excludes halogenated alkanes) is 2. The third-order valence-electron chi connectivity index (χ3n) is 6.86. The van der Waals surface area contributed by atoms with Gasteiger partial charge < -0.3 is 20.4 Å². The van der Waals surface area contributed by atoms with Gasteiger partial charge in [0, 0.05) is 13.0 Å². The van der Waals surface area contributed by atoms with E-state index in [0.717, 1.165) is 19.3 Å². The molecule has 205 valence electrons. The normalized spacial score (nSPS) is 22.5. The molecule has 0 aliphatic heterocycles. The van der Waals surface area contributed by atoms with E-state index in [4.69, 9.17) is 0 Å². The first-order valence-corrected chi connectivity index (χ1v) is 13.5. The van der Waals surface area contributed by atoms with Crippen LogP contribution in [0.3, 0.4) is 0 Å². The van der Waals surface area contributed by atoms with Crippen LogP contribution in [0.2, 0.25) is 0 Å². The second-order valence-corrected chi connectivity index (χ2v) is 9.67. The van der Waals surface area contributed by atoms with E-state index in [9.17, 15) is 25.1 Å². The summed E-state index contributed by atoms with van der Waals surface area (Å²) in [5.41, 5.74) is 1.18. The Hall–Kier alpha value is -2.71. The molecular weight excluding hydrogens is 472 g/mol. The van der Waals surface area contributed by atoms with Gasteiger partial charge in [-0.2, -0.15) is 0 Å². The lowest BCUT2D eigenvalue weighted by molar-refractivity contribution is -0.757. The van der Waals surface area contributed by atoms with Gasteiger partial charge in [-0.15, -0.1) is 10.1 Å². The molecule has 8 nitrogen and oxygen atoms in total. The smallest absolute Gasteiger partial charge is 0.294 e. The molecule has 0 bridgehead atoms. The number of aliphatic hydroxyl groups is 2. The van der Waals surface area contributed by atoms with Crippen molar-refractivity contribution >= 4 is 5.91 Å². The van der Waals surface area contributed by atoms with Crippen LogP contribution in [0.15, 0.2) is 54.6 Å². The molecule has 0 saturated heterocycles. The maximum Gasteiger partial charge on any atom is 0.294 e. The van der Waals surface area contributed by atoms with Crippen molar-refractivity contribution in [3.8, 4) is 0 Å². The van der Waals surface area contributed by atoms with Gasteiger partial charge in [-0.1, -0.05) is 54.6 Å². The SMILES string of the molecule is CCNC(=O)CCC/C=C\C[C@@H]1[C@@H](/C=C/[C@@H](O)CCc2ccccc2)[C@H]([CH]CCCO[N+](=O)[O-])C[C@@H]1O. The van der Waals surface area contributed by atoms with Crippen molar-refractivity contribution in [1.29, 1.82) is 0 Å². The van der Waals surface area contributed by atoms with Crippen LogP contribution in [0.5, 0.6) is 0 Å². The quantitative estimate of drug-likeness (QED) is 0.114. The van der Waals surface area contributed by atoms with Crippen molar-refractivity contribution in [1.82, 2.24) is 5.32 Å². The summed E-state index contributed by atoms with van der Waals surface area (Å²) in [6.07, 6.45) is 15.2. The molecule has 5 atom stereocenters. The van der Waals surface area contributed by atoms with Gasteiger partial charge in [0.15, 0.2) is 0 Å².